The van der Waals surface area contributed by atoms with Crippen LogP contribution in [-0.4, -0.2) is 22.8 Å². The number of Topliss-reactive ketones (excluding diaryl/α,β-unsaturated/α-hetero) is 1. The van der Waals surface area contributed by atoms with Crippen LogP contribution in [0.1, 0.15) is 59.9 Å². The molecule has 0 fully saturated rings. The summed E-state index contributed by atoms with van der Waals surface area (Å²) in [6, 6.07) is 13.4. The van der Waals surface area contributed by atoms with Crippen LogP contribution in [0.3, 0.4) is 0 Å². The molecule has 0 unspecified atom stereocenters. The Morgan fingerprint density at radius 2 is 1.38 bits per heavy atom. The summed E-state index contributed by atoms with van der Waals surface area (Å²) in [6.45, 7) is 6.32. The van der Waals surface area contributed by atoms with Gasteiger partial charge in [0.15, 0.2) is 5.78 Å². The number of anilines is 1. The van der Waals surface area contributed by atoms with Gasteiger partial charge in [0.2, 0.25) is 5.91 Å². The van der Waals surface area contributed by atoms with Crippen molar-refractivity contribution in [3.8, 4) is 0 Å². The van der Waals surface area contributed by atoms with Crippen molar-refractivity contribution in [2.75, 3.05) is 5.32 Å². The average molecular weight is 353 g/mol. The predicted molar refractivity (Wildman–Crippen MR) is 101 cm³/mol. The Balaban J connectivity index is 1.88. The minimum Gasteiger partial charge on any atom is -0.478 e. The molecule has 0 aliphatic heterocycles. The predicted octanol–water partition coefficient (Wildman–Crippen LogP) is 4.28. The summed E-state index contributed by atoms with van der Waals surface area (Å²) in [5.41, 5.74) is 2.42. The molecule has 5 nitrogen and oxygen atoms in total. The topological polar surface area (TPSA) is 83.5 Å². The third kappa shape index (κ3) is 5.28. The van der Waals surface area contributed by atoms with Crippen molar-refractivity contribution < 1.29 is 19.5 Å². The maximum atomic E-state index is 12.2. The van der Waals surface area contributed by atoms with Crippen LogP contribution in [0.4, 0.5) is 5.69 Å². The number of ketones is 1. The molecular formula is C21H23NO4. The van der Waals surface area contributed by atoms with Gasteiger partial charge in [-0.25, -0.2) is 4.79 Å². The third-order valence-electron chi connectivity index (χ3n) is 4.07. The number of aromatic carboxylic acids is 1. The number of hydrogen-bond acceptors (Lipinski definition) is 3. The van der Waals surface area contributed by atoms with E-state index in [0.717, 1.165) is 5.56 Å². The van der Waals surface area contributed by atoms with Gasteiger partial charge in [-0.3, -0.25) is 9.59 Å². The Morgan fingerprint density at radius 1 is 0.846 bits per heavy atom. The van der Waals surface area contributed by atoms with Gasteiger partial charge in [-0.15, -0.1) is 0 Å². The molecule has 2 rings (SSSR count). The molecule has 136 valence electrons. The lowest BCUT2D eigenvalue weighted by molar-refractivity contribution is -0.116. The van der Waals surface area contributed by atoms with Gasteiger partial charge in [-0.05, 0) is 35.2 Å². The molecule has 0 radical (unpaired) electrons. The molecule has 2 aromatic rings. The monoisotopic (exact) mass is 353 g/mol. The zero-order chi connectivity index (χ0) is 19.3. The van der Waals surface area contributed by atoms with E-state index in [1.165, 1.54) is 24.3 Å². The third-order valence-corrected chi connectivity index (χ3v) is 4.07. The minimum atomic E-state index is -1.02. The van der Waals surface area contributed by atoms with Crippen molar-refractivity contribution in [3.05, 3.63) is 65.2 Å². The van der Waals surface area contributed by atoms with E-state index in [1.807, 2.05) is 12.1 Å². The number of carboxylic acid groups (broad SMARTS) is 1. The second-order valence-corrected chi connectivity index (χ2v) is 7.18. The van der Waals surface area contributed by atoms with Gasteiger partial charge in [-0.2, -0.15) is 0 Å². The van der Waals surface area contributed by atoms with Crippen molar-refractivity contribution in [3.63, 3.8) is 0 Å². The second-order valence-electron chi connectivity index (χ2n) is 7.18. The first-order valence-electron chi connectivity index (χ1n) is 8.44. The number of rotatable bonds is 6. The maximum Gasteiger partial charge on any atom is 0.335 e. The second kappa shape index (κ2) is 7.95. The molecule has 5 heteroatoms. The maximum absolute atomic E-state index is 12.2. The molecule has 0 aliphatic rings. The number of carbonyl (C=O) groups is 3. The first-order valence-corrected chi connectivity index (χ1v) is 8.44. The molecule has 0 aromatic heterocycles. The van der Waals surface area contributed by atoms with Crippen LogP contribution in [-0.2, 0) is 10.2 Å². The molecule has 0 spiro atoms. The molecule has 2 aromatic carbocycles. The van der Waals surface area contributed by atoms with E-state index in [1.54, 1.807) is 12.1 Å². The van der Waals surface area contributed by atoms with Crippen LogP contribution in [0.2, 0.25) is 0 Å². The van der Waals surface area contributed by atoms with Gasteiger partial charge in [0.1, 0.15) is 0 Å². The van der Waals surface area contributed by atoms with Crippen LogP contribution in [0.15, 0.2) is 48.5 Å². The van der Waals surface area contributed by atoms with Crippen molar-refractivity contribution >= 4 is 23.3 Å². The van der Waals surface area contributed by atoms with Crippen LogP contribution in [0, 0.1) is 0 Å². The van der Waals surface area contributed by atoms with Gasteiger partial charge in [-0.1, -0.05) is 45.0 Å². The van der Waals surface area contributed by atoms with E-state index in [9.17, 15) is 14.4 Å². The number of amides is 1. The van der Waals surface area contributed by atoms with Gasteiger partial charge in [0.05, 0.1) is 5.56 Å². The lowest BCUT2D eigenvalue weighted by Crippen LogP contribution is -2.14. The quantitative estimate of drug-likeness (QED) is 0.759. The molecule has 0 atom stereocenters. The van der Waals surface area contributed by atoms with E-state index in [-0.39, 0.29) is 35.5 Å². The first-order chi connectivity index (χ1) is 12.2. The molecule has 0 bridgehead atoms. The van der Waals surface area contributed by atoms with Crippen LogP contribution in [0.5, 0.6) is 0 Å². The Bertz CT molecular complexity index is 799. The van der Waals surface area contributed by atoms with Crippen molar-refractivity contribution in [1.29, 1.82) is 0 Å². The van der Waals surface area contributed by atoms with E-state index in [0.29, 0.717) is 11.3 Å². The Morgan fingerprint density at radius 3 is 1.88 bits per heavy atom. The van der Waals surface area contributed by atoms with E-state index >= 15 is 0 Å². The fourth-order valence-corrected chi connectivity index (χ4v) is 2.45. The normalized spacial score (nSPS) is 11.0. The number of nitrogens with one attached hydrogen (secondary N) is 1. The summed E-state index contributed by atoms with van der Waals surface area (Å²) in [5, 5.41) is 11.5. The summed E-state index contributed by atoms with van der Waals surface area (Å²) in [4.78, 5) is 35.0. The molecule has 2 N–H and O–H groups in total. The van der Waals surface area contributed by atoms with Gasteiger partial charge in [0, 0.05) is 24.1 Å². The fourth-order valence-electron chi connectivity index (χ4n) is 2.45. The summed E-state index contributed by atoms with van der Waals surface area (Å²) < 4.78 is 0. The lowest BCUT2D eigenvalue weighted by Gasteiger charge is -2.18. The molecule has 1 amide bonds. The summed E-state index contributed by atoms with van der Waals surface area (Å²) in [5.74, 6) is -1.39. The van der Waals surface area contributed by atoms with Crippen molar-refractivity contribution in [2.24, 2.45) is 0 Å². The van der Waals surface area contributed by atoms with Crippen LogP contribution < -0.4 is 5.32 Å². The Kier molecular flexibility index (Phi) is 5.93. The van der Waals surface area contributed by atoms with Crippen molar-refractivity contribution in [2.45, 2.75) is 39.0 Å². The summed E-state index contributed by atoms with van der Waals surface area (Å²) >= 11 is 0. The summed E-state index contributed by atoms with van der Waals surface area (Å²) in [7, 11) is 0. The fraction of sp³-hybridized carbons (Fsp3) is 0.286. The number of carbonyl (C=O) groups excluding carboxylic acids is 2. The van der Waals surface area contributed by atoms with E-state index in [2.05, 4.69) is 26.1 Å². The largest absolute Gasteiger partial charge is 0.478 e. The van der Waals surface area contributed by atoms with Gasteiger partial charge < -0.3 is 10.4 Å². The number of benzene rings is 2. The lowest BCUT2D eigenvalue weighted by atomic mass is 9.86. The van der Waals surface area contributed by atoms with Crippen LogP contribution >= 0.6 is 0 Å². The highest BCUT2D eigenvalue weighted by Gasteiger charge is 2.15. The van der Waals surface area contributed by atoms with Gasteiger partial charge >= 0.3 is 5.97 Å². The molecule has 0 heterocycles. The van der Waals surface area contributed by atoms with Gasteiger partial charge in [0.25, 0.3) is 0 Å². The molecule has 0 aliphatic carbocycles. The van der Waals surface area contributed by atoms with Crippen LogP contribution in [0.25, 0.3) is 0 Å². The summed E-state index contributed by atoms with van der Waals surface area (Å²) in [6.07, 6.45) is 0.189. The molecule has 26 heavy (non-hydrogen) atoms. The highest BCUT2D eigenvalue weighted by Crippen LogP contribution is 2.22. The molecule has 0 saturated heterocycles. The highest BCUT2D eigenvalue weighted by molar-refractivity contribution is 6.00. The Labute approximate surface area is 153 Å². The van der Waals surface area contributed by atoms with E-state index in [4.69, 9.17) is 5.11 Å². The SMILES string of the molecule is CC(C)(C)c1ccc(C(=O)CCC(=O)Nc2ccc(C(=O)O)cc2)cc1. The average Bonchev–Trinajstić information content (AvgIpc) is 2.59. The molecular weight excluding hydrogens is 330 g/mol. The number of hydrogen-bond donors (Lipinski definition) is 2. The first kappa shape index (κ1) is 19.4. The number of carboxylic acids is 1. The Hall–Kier alpha value is -2.95. The highest BCUT2D eigenvalue weighted by atomic mass is 16.4. The zero-order valence-electron chi connectivity index (χ0n) is 15.2. The van der Waals surface area contributed by atoms with E-state index < -0.39 is 5.97 Å². The molecule has 0 saturated carbocycles. The van der Waals surface area contributed by atoms with Crippen molar-refractivity contribution in [1.82, 2.24) is 0 Å². The smallest absolute Gasteiger partial charge is 0.335 e. The zero-order valence-corrected chi connectivity index (χ0v) is 15.2. The standard InChI is InChI=1S/C21H23NO4/c1-21(2,3)16-8-4-14(5-9-16)18(23)12-13-19(24)22-17-10-6-15(7-11-17)20(25)26/h4-11H,12-13H2,1-3H3,(H,22,24)(H,25,26). The minimum absolute atomic E-state index is 0.0254.